The van der Waals surface area contributed by atoms with Crippen molar-refractivity contribution >= 4 is 5.91 Å². The summed E-state index contributed by atoms with van der Waals surface area (Å²) < 4.78 is 5.78. The van der Waals surface area contributed by atoms with Crippen molar-refractivity contribution in [2.45, 2.75) is 45.6 Å². The molecule has 20 heavy (non-hydrogen) atoms. The van der Waals surface area contributed by atoms with Crippen LogP contribution in [0, 0.1) is 5.92 Å². The largest absolute Gasteiger partial charge is 0.473 e. The van der Waals surface area contributed by atoms with Crippen molar-refractivity contribution in [3.63, 3.8) is 0 Å². The number of hydrogen-bond donors (Lipinski definition) is 0. The summed E-state index contributed by atoms with van der Waals surface area (Å²) in [5.41, 5.74) is 0. The molecule has 0 bridgehead atoms. The Labute approximate surface area is 120 Å². The van der Waals surface area contributed by atoms with Gasteiger partial charge in [-0.1, -0.05) is 13.8 Å². The first-order valence-corrected chi connectivity index (χ1v) is 7.46. The predicted octanol–water partition coefficient (Wildman–Crippen LogP) is 2.28. The van der Waals surface area contributed by atoms with Crippen molar-refractivity contribution in [2.24, 2.45) is 5.92 Å². The molecule has 2 heterocycles. The van der Waals surface area contributed by atoms with E-state index in [0.717, 1.165) is 38.8 Å². The number of nitrogens with zero attached hydrogens (tertiary/aromatic N) is 3. The second-order valence-electron chi connectivity index (χ2n) is 5.20. The Balaban J connectivity index is 1.82. The quantitative estimate of drug-likeness (QED) is 0.828. The van der Waals surface area contributed by atoms with E-state index in [2.05, 4.69) is 23.8 Å². The van der Waals surface area contributed by atoms with Crippen molar-refractivity contribution < 1.29 is 9.53 Å². The number of piperidine rings is 1. The molecule has 1 saturated heterocycles. The van der Waals surface area contributed by atoms with E-state index in [4.69, 9.17) is 4.74 Å². The summed E-state index contributed by atoms with van der Waals surface area (Å²) in [5, 5.41) is 0. The maximum Gasteiger partial charge on any atom is 0.232 e. The lowest BCUT2D eigenvalue weighted by Gasteiger charge is -2.33. The highest BCUT2D eigenvalue weighted by Crippen LogP contribution is 2.19. The van der Waals surface area contributed by atoms with Crippen LogP contribution in [0.1, 0.15) is 39.5 Å². The van der Waals surface area contributed by atoms with E-state index in [1.165, 1.54) is 0 Å². The van der Waals surface area contributed by atoms with Crippen molar-refractivity contribution in [3.8, 4) is 5.88 Å². The number of aromatic nitrogens is 2. The van der Waals surface area contributed by atoms with Crippen molar-refractivity contribution in [3.05, 3.63) is 18.6 Å². The highest BCUT2D eigenvalue weighted by atomic mass is 16.5. The van der Waals surface area contributed by atoms with Crippen LogP contribution in [0.4, 0.5) is 0 Å². The Morgan fingerprint density at radius 2 is 2.05 bits per heavy atom. The predicted molar refractivity (Wildman–Crippen MR) is 76.3 cm³/mol. The van der Waals surface area contributed by atoms with E-state index in [-0.39, 0.29) is 12.0 Å². The molecule has 0 spiro atoms. The third kappa shape index (κ3) is 3.68. The minimum atomic E-state index is 0.137. The highest BCUT2D eigenvalue weighted by Gasteiger charge is 2.27. The van der Waals surface area contributed by atoms with Gasteiger partial charge in [-0.15, -0.1) is 0 Å². The summed E-state index contributed by atoms with van der Waals surface area (Å²) in [4.78, 5) is 22.4. The zero-order valence-electron chi connectivity index (χ0n) is 12.3. The second kappa shape index (κ2) is 7.22. The van der Waals surface area contributed by atoms with Gasteiger partial charge in [-0.3, -0.25) is 9.78 Å². The summed E-state index contributed by atoms with van der Waals surface area (Å²) in [6.45, 7) is 5.71. The minimum absolute atomic E-state index is 0.137. The Morgan fingerprint density at radius 3 is 2.60 bits per heavy atom. The maximum absolute atomic E-state index is 12.3. The molecule has 0 unspecified atom stereocenters. The van der Waals surface area contributed by atoms with Gasteiger partial charge in [0, 0.05) is 44.2 Å². The monoisotopic (exact) mass is 277 g/mol. The Hall–Kier alpha value is -1.65. The fraction of sp³-hybridized carbons (Fsp3) is 0.667. The highest BCUT2D eigenvalue weighted by molar-refractivity contribution is 5.78. The normalized spacial score (nSPS) is 16.4. The van der Waals surface area contributed by atoms with Gasteiger partial charge in [-0.2, -0.15) is 0 Å². The zero-order valence-corrected chi connectivity index (χ0v) is 12.3. The molecule has 0 atom stereocenters. The van der Waals surface area contributed by atoms with Gasteiger partial charge >= 0.3 is 0 Å². The molecule has 1 amide bonds. The number of carbonyl (C=O) groups is 1. The molecule has 1 aromatic heterocycles. The average molecular weight is 277 g/mol. The molecule has 0 aromatic carbocycles. The van der Waals surface area contributed by atoms with Crippen molar-refractivity contribution in [1.82, 2.24) is 14.9 Å². The fourth-order valence-corrected chi connectivity index (χ4v) is 2.61. The van der Waals surface area contributed by atoms with Crippen LogP contribution >= 0.6 is 0 Å². The maximum atomic E-state index is 12.3. The molecule has 2 rings (SSSR count). The van der Waals surface area contributed by atoms with Gasteiger partial charge in [0.15, 0.2) is 0 Å². The van der Waals surface area contributed by atoms with E-state index in [0.29, 0.717) is 11.8 Å². The molecule has 110 valence electrons. The lowest BCUT2D eigenvalue weighted by Crippen LogP contribution is -2.44. The second-order valence-corrected chi connectivity index (χ2v) is 5.20. The molecule has 1 aliphatic heterocycles. The molecule has 1 aromatic rings. The van der Waals surface area contributed by atoms with E-state index < -0.39 is 0 Å². The number of hydrogen-bond acceptors (Lipinski definition) is 4. The van der Waals surface area contributed by atoms with Gasteiger partial charge in [-0.25, -0.2) is 4.98 Å². The van der Waals surface area contributed by atoms with Crippen LogP contribution in [-0.4, -0.2) is 40.0 Å². The van der Waals surface area contributed by atoms with Crippen LogP contribution in [0.25, 0.3) is 0 Å². The first kappa shape index (κ1) is 14.8. The first-order chi connectivity index (χ1) is 9.74. The molecule has 0 saturated carbocycles. The van der Waals surface area contributed by atoms with E-state index in [1.54, 1.807) is 18.6 Å². The van der Waals surface area contributed by atoms with E-state index >= 15 is 0 Å². The molecule has 0 N–H and O–H groups in total. The third-order valence-electron chi connectivity index (χ3n) is 3.92. The summed E-state index contributed by atoms with van der Waals surface area (Å²) in [7, 11) is 0. The summed E-state index contributed by atoms with van der Waals surface area (Å²) in [6.07, 6.45) is 8.59. The standard InChI is InChI=1S/C15H23N3O2/c1-3-12(4-2)15(19)18-9-5-13(6-10-18)20-14-11-16-7-8-17-14/h7-8,11-13H,3-6,9-10H2,1-2H3. The number of likely N-dealkylation sites (tertiary alicyclic amines) is 1. The van der Waals surface area contributed by atoms with Crippen LogP contribution in [0.2, 0.25) is 0 Å². The van der Waals surface area contributed by atoms with Crippen LogP contribution in [0.3, 0.4) is 0 Å². The fourth-order valence-electron chi connectivity index (χ4n) is 2.61. The molecule has 1 aliphatic rings. The Bertz CT molecular complexity index is 412. The van der Waals surface area contributed by atoms with Gasteiger partial charge in [0.2, 0.25) is 11.8 Å². The van der Waals surface area contributed by atoms with Gasteiger partial charge in [0.25, 0.3) is 0 Å². The van der Waals surface area contributed by atoms with Crippen LogP contribution in [-0.2, 0) is 4.79 Å². The molecular weight excluding hydrogens is 254 g/mol. The van der Waals surface area contributed by atoms with Crippen molar-refractivity contribution in [1.29, 1.82) is 0 Å². The summed E-state index contributed by atoms with van der Waals surface area (Å²) >= 11 is 0. The SMILES string of the molecule is CCC(CC)C(=O)N1CCC(Oc2cnccn2)CC1. The molecule has 0 aliphatic carbocycles. The van der Waals surface area contributed by atoms with E-state index in [9.17, 15) is 4.79 Å². The average Bonchev–Trinajstić information content (AvgIpc) is 2.50. The molecular formula is C15H23N3O2. The van der Waals surface area contributed by atoms with Crippen molar-refractivity contribution in [2.75, 3.05) is 13.1 Å². The minimum Gasteiger partial charge on any atom is -0.473 e. The number of ether oxygens (including phenoxy) is 1. The number of carbonyl (C=O) groups excluding carboxylic acids is 1. The first-order valence-electron chi connectivity index (χ1n) is 7.46. The van der Waals surface area contributed by atoms with Crippen LogP contribution in [0.15, 0.2) is 18.6 Å². The molecule has 5 heteroatoms. The van der Waals surface area contributed by atoms with Gasteiger partial charge in [-0.05, 0) is 12.8 Å². The van der Waals surface area contributed by atoms with Gasteiger partial charge in [0.05, 0.1) is 6.20 Å². The van der Waals surface area contributed by atoms with Crippen LogP contribution < -0.4 is 4.74 Å². The lowest BCUT2D eigenvalue weighted by atomic mass is 9.99. The number of rotatable bonds is 5. The summed E-state index contributed by atoms with van der Waals surface area (Å²) in [6, 6.07) is 0. The lowest BCUT2D eigenvalue weighted by molar-refractivity contribution is -0.137. The Kier molecular flexibility index (Phi) is 5.32. The van der Waals surface area contributed by atoms with Gasteiger partial charge < -0.3 is 9.64 Å². The molecule has 0 radical (unpaired) electrons. The third-order valence-corrected chi connectivity index (χ3v) is 3.92. The molecule has 5 nitrogen and oxygen atoms in total. The topological polar surface area (TPSA) is 55.3 Å². The van der Waals surface area contributed by atoms with E-state index in [1.807, 2.05) is 4.90 Å². The van der Waals surface area contributed by atoms with Crippen LogP contribution in [0.5, 0.6) is 5.88 Å². The number of amides is 1. The Morgan fingerprint density at radius 1 is 1.35 bits per heavy atom. The molecule has 1 fully saturated rings. The zero-order chi connectivity index (χ0) is 14.4. The summed E-state index contributed by atoms with van der Waals surface area (Å²) in [5.74, 6) is 1.04. The van der Waals surface area contributed by atoms with Gasteiger partial charge in [0.1, 0.15) is 6.10 Å². The smallest absolute Gasteiger partial charge is 0.232 e.